The first-order valence-electron chi connectivity index (χ1n) is 15.2. The zero-order chi connectivity index (χ0) is 35.7. The zero-order valence-electron chi connectivity index (χ0n) is 26.1. The van der Waals surface area contributed by atoms with Gasteiger partial charge in [-0.25, -0.2) is 9.79 Å². The third kappa shape index (κ3) is 6.70. The number of hydrogen-bond acceptors (Lipinski definition) is 13. The lowest BCUT2D eigenvalue weighted by molar-refractivity contribution is -0.240. The van der Waals surface area contributed by atoms with E-state index in [1.165, 1.54) is 7.11 Å². The number of nitrogens with two attached hydrogens (primary N) is 1. The highest BCUT2D eigenvalue weighted by Crippen LogP contribution is 2.34. The van der Waals surface area contributed by atoms with Crippen molar-refractivity contribution in [3.63, 3.8) is 0 Å². The third-order valence-corrected chi connectivity index (χ3v) is 8.19. The number of aromatic nitrogens is 2. The van der Waals surface area contributed by atoms with Gasteiger partial charge in [-0.05, 0) is 12.1 Å². The standard InChI is InChI=1S/C32H32N6O12/c1-47-24-22(42)23(49-30(24)38-12-11-19(40)35-32(38)46)25(26(33)43)50-31-21(41)17(39)13-18(48-31)28(44)37-27-29(45)34-16-10-6-5-9-15(16)20(36-27)14-7-3-2-4-8-14/h2-13,17,21-25,27,30-31,39,41-42H,1H3,(H2,33,43)(H,34,45)(H,37,44)(H,35,40,46). The average Bonchev–Trinajstić information content (AvgIpc) is 3.34. The molecule has 50 heavy (non-hydrogen) atoms. The van der Waals surface area contributed by atoms with Crippen LogP contribution in [0.5, 0.6) is 0 Å². The number of methoxy groups -OCH3 is 1. The molecule has 9 atom stereocenters. The number of nitrogens with one attached hydrogen (secondary N) is 3. The molecule has 3 aliphatic rings. The van der Waals surface area contributed by atoms with Gasteiger partial charge in [-0.1, -0.05) is 48.5 Å². The number of aliphatic hydroxyl groups is 3. The topological polar surface area (TPSA) is 266 Å². The lowest BCUT2D eigenvalue weighted by Gasteiger charge is -2.34. The Bertz CT molecular complexity index is 1960. The number of nitrogens with zero attached hydrogens (tertiary/aromatic N) is 2. The lowest BCUT2D eigenvalue weighted by Crippen LogP contribution is -2.54. The summed E-state index contributed by atoms with van der Waals surface area (Å²) in [5, 5.41) is 37.5. The normalized spacial score (nSPS) is 28.2. The Hall–Kier alpha value is -5.50. The van der Waals surface area contributed by atoms with Crippen LogP contribution in [0, 0.1) is 0 Å². The molecule has 8 N–H and O–H groups in total. The Morgan fingerprint density at radius 2 is 1.74 bits per heavy atom. The molecule has 9 unspecified atom stereocenters. The van der Waals surface area contributed by atoms with Crippen molar-refractivity contribution in [1.29, 1.82) is 0 Å². The van der Waals surface area contributed by atoms with Crippen molar-refractivity contribution in [3.05, 3.63) is 111 Å². The number of benzodiazepines with no additional fused rings is 1. The van der Waals surface area contributed by atoms with Gasteiger partial charge in [0.25, 0.3) is 17.4 Å². The van der Waals surface area contributed by atoms with Gasteiger partial charge in [-0.2, -0.15) is 0 Å². The molecular weight excluding hydrogens is 660 g/mol. The first kappa shape index (κ1) is 34.4. The number of carbonyl (C=O) groups excluding carboxylic acids is 3. The highest BCUT2D eigenvalue weighted by atomic mass is 16.7. The number of aliphatic hydroxyl groups excluding tert-OH is 3. The summed E-state index contributed by atoms with van der Waals surface area (Å²) >= 11 is 0. The third-order valence-electron chi connectivity index (χ3n) is 8.19. The lowest BCUT2D eigenvalue weighted by atomic mass is 10.0. The van der Waals surface area contributed by atoms with Crippen molar-refractivity contribution in [2.45, 2.75) is 55.3 Å². The number of aliphatic imine (C=N–C) groups is 1. The molecule has 1 saturated heterocycles. The van der Waals surface area contributed by atoms with E-state index in [2.05, 4.69) is 15.6 Å². The van der Waals surface area contributed by atoms with Gasteiger partial charge in [0.2, 0.25) is 18.4 Å². The molecule has 0 bridgehead atoms. The van der Waals surface area contributed by atoms with Gasteiger partial charge in [0.05, 0.1) is 11.4 Å². The molecular formula is C32H32N6O12. The molecule has 0 saturated carbocycles. The van der Waals surface area contributed by atoms with E-state index < -0.39 is 90.0 Å². The maximum atomic E-state index is 13.5. The Morgan fingerprint density at radius 1 is 1.02 bits per heavy atom. The second kappa shape index (κ2) is 14.2. The monoisotopic (exact) mass is 692 g/mol. The van der Waals surface area contributed by atoms with Gasteiger partial charge in [0, 0.05) is 30.5 Å². The van der Waals surface area contributed by atoms with Gasteiger partial charge >= 0.3 is 5.69 Å². The summed E-state index contributed by atoms with van der Waals surface area (Å²) in [6.45, 7) is 0. The summed E-state index contributed by atoms with van der Waals surface area (Å²) in [6.07, 6.45) is -13.0. The van der Waals surface area contributed by atoms with Gasteiger partial charge < -0.3 is 50.6 Å². The fraction of sp³-hybridized carbons (Fsp3) is 0.312. The number of amides is 3. The first-order chi connectivity index (χ1) is 24.0. The molecule has 3 aliphatic heterocycles. The van der Waals surface area contributed by atoms with Crippen LogP contribution in [-0.2, 0) is 33.3 Å². The highest BCUT2D eigenvalue weighted by Gasteiger charge is 2.52. The Labute approximate surface area is 281 Å². The summed E-state index contributed by atoms with van der Waals surface area (Å²) in [5.41, 5.74) is 6.08. The minimum absolute atomic E-state index is 0.399. The van der Waals surface area contributed by atoms with E-state index in [4.69, 9.17) is 24.7 Å². The SMILES string of the molecule is COC1C(O)C(C(OC2OC(C(=O)NC3N=C(c4ccccc4)c4ccccc4NC3=O)=CC(O)C2O)C(N)=O)OC1n1ccc(=O)[nH]c1=O. The van der Waals surface area contributed by atoms with Crippen LogP contribution in [0.1, 0.15) is 17.4 Å². The van der Waals surface area contributed by atoms with Gasteiger partial charge in [0.15, 0.2) is 18.1 Å². The number of H-pyrrole nitrogens is 1. The van der Waals surface area contributed by atoms with E-state index in [1.54, 1.807) is 48.5 Å². The van der Waals surface area contributed by atoms with Crippen molar-refractivity contribution in [3.8, 4) is 0 Å². The van der Waals surface area contributed by atoms with Crippen LogP contribution in [0.25, 0.3) is 0 Å². The molecule has 262 valence electrons. The van der Waals surface area contributed by atoms with E-state index in [9.17, 15) is 39.3 Å². The number of aromatic amines is 1. The number of benzene rings is 2. The molecule has 18 nitrogen and oxygen atoms in total. The van der Waals surface area contributed by atoms with Crippen molar-refractivity contribution in [2.75, 3.05) is 12.4 Å². The van der Waals surface area contributed by atoms with Gasteiger partial charge in [-0.3, -0.25) is 28.7 Å². The molecule has 6 rings (SSSR count). The molecule has 0 spiro atoms. The number of hydrogen-bond donors (Lipinski definition) is 7. The average molecular weight is 693 g/mol. The summed E-state index contributed by atoms with van der Waals surface area (Å²) < 4.78 is 23.2. The van der Waals surface area contributed by atoms with E-state index in [1.807, 2.05) is 11.1 Å². The Balaban J connectivity index is 1.22. The van der Waals surface area contributed by atoms with Crippen LogP contribution in [-0.4, -0.2) is 104 Å². The van der Waals surface area contributed by atoms with Crippen LogP contribution < -0.4 is 27.6 Å². The van der Waals surface area contributed by atoms with E-state index in [0.29, 0.717) is 22.5 Å². The van der Waals surface area contributed by atoms with Crippen LogP contribution in [0.2, 0.25) is 0 Å². The number of carbonyl (C=O) groups is 3. The van der Waals surface area contributed by atoms with Crippen molar-refractivity contribution in [1.82, 2.24) is 14.9 Å². The van der Waals surface area contributed by atoms with Crippen LogP contribution in [0.3, 0.4) is 0 Å². The van der Waals surface area contributed by atoms with Crippen molar-refractivity contribution in [2.24, 2.45) is 10.7 Å². The van der Waals surface area contributed by atoms with Crippen LogP contribution in [0.15, 0.2) is 93.3 Å². The quantitative estimate of drug-likeness (QED) is 0.124. The fourth-order valence-corrected chi connectivity index (χ4v) is 5.75. The largest absolute Gasteiger partial charge is 0.456 e. The second-order valence-corrected chi connectivity index (χ2v) is 11.4. The molecule has 0 aliphatic carbocycles. The maximum Gasteiger partial charge on any atom is 0.330 e. The number of ether oxygens (including phenoxy) is 4. The van der Waals surface area contributed by atoms with Gasteiger partial charge in [-0.15, -0.1) is 0 Å². The Kier molecular flexibility index (Phi) is 9.73. The minimum atomic E-state index is -1.95. The number of anilines is 1. The number of fused-ring (bicyclic) bond motifs is 1. The van der Waals surface area contributed by atoms with Crippen molar-refractivity contribution < 1.29 is 48.7 Å². The van der Waals surface area contributed by atoms with Crippen molar-refractivity contribution >= 4 is 29.1 Å². The number of primary amides is 1. The van der Waals surface area contributed by atoms with Gasteiger partial charge in [0.1, 0.15) is 30.5 Å². The summed E-state index contributed by atoms with van der Waals surface area (Å²) in [5.74, 6) is -3.56. The summed E-state index contributed by atoms with van der Waals surface area (Å²) in [7, 11) is 1.20. The predicted octanol–water partition coefficient (Wildman–Crippen LogP) is -2.43. The molecule has 3 amide bonds. The number of para-hydroxylation sites is 1. The molecule has 0 radical (unpaired) electrons. The second-order valence-electron chi connectivity index (χ2n) is 11.4. The molecule has 2 aromatic carbocycles. The maximum absolute atomic E-state index is 13.5. The number of rotatable bonds is 9. The summed E-state index contributed by atoms with van der Waals surface area (Å²) in [6, 6.07) is 16.9. The van der Waals surface area contributed by atoms with Crippen LogP contribution >= 0.6 is 0 Å². The Morgan fingerprint density at radius 3 is 2.44 bits per heavy atom. The zero-order valence-corrected chi connectivity index (χ0v) is 26.1. The highest BCUT2D eigenvalue weighted by molar-refractivity contribution is 6.20. The van der Waals surface area contributed by atoms with E-state index in [0.717, 1.165) is 22.9 Å². The smallest absolute Gasteiger partial charge is 0.330 e. The molecule has 18 heteroatoms. The van der Waals surface area contributed by atoms with E-state index >= 15 is 0 Å². The first-order valence-corrected chi connectivity index (χ1v) is 15.2. The summed E-state index contributed by atoms with van der Waals surface area (Å²) in [4.78, 5) is 69.9. The molecule has 1 aromatic heterocycles. The van der Waals surface area contributed by atoms with Crippen LogP contribution in [0.4, 0.5) is 5.69 Å². The predicted molar refractivity (Wildman–Crippen MR) is 170 cm³/mol. The molecule has 1 fully saturated rings. The van der Waals surface area contributed by atoms with E-state index in [-0.39, 0.29) is 0 Å². The fourth-order valence-electron chi connectivity index (χ4n) is 5.75. The molecule has 4 heterocycles. The molecule has 3 aromatic rings. The minimum Gasteiger partial charge on any atom is -0.456 e.